The van der Waals surface area contributed by atoms with Gasteiger partial charge in [-0.1, -0.05) is 0 Å². The molecule has 2 aliphatic rings. The minimum Gasteiger partial charge on any atom is -0.465 e. The van der Waals surface area contributed by atoms with Crippen molar-refractivity contribution in [3.63, 3.8) is 0 Å². The Hall–Kier alpha value is -1.53. The third-order valence-corrected chi connectivity index (χ3v) is 5.47. The summed E-state index contributed by atoms with van der Waals surface area (Å²) in [5, 5.41) is 12.4. The van der Waals surface area contributed by atoms with Gasteiger partial charge in [0.1, 0.15) is 11.5 Å². The van der Waals surface area contributed by atoms with Crippen LogP contribution in [0.3, 0.4) is 0 Å². The summed E-state index contributed by atoms with van der Waals surface area (Å²) in [6, 6.07) is 4.27. The Kier molecular flexibility index (Phi) is 6.37. The molecule has 25 heavy (non-hydrogen) atoms. The van der Waals surface area contributed by atoms with Crippen molar-refractivity contribution < 1.29 is 14.3 Å². The first kappa shape index (κ1) is 18.3. The fourth-order valence-electron chi connectivity index (χ4n) is 4.10. The highest BCUT2D eigenvalue weighted by Gasteiger charge is 2.29. The van der Waals surface area contributed by atoms with Gasteiger partial charge in [-0.25, -0.2) is 4.79 Å². The van der Waals surface area contributed by atoms with Gasteiger partial charge in [-0.15, -0.1) is 0 Å². The van der Waals surface area contributed by atoms with E-state index in [0.717, 1.165) is 50.4 Å². The smallest absolute Gasteiger partial charge is 0.317 e. The molecule has 2 saturated heterocycles. The van der Waals surface area contributed by atoms with Crippen molar-refractivity contribution in [3.8, 4) is 0 Å². The first-order valence-electron chi connectivity index (χ1n) is 9.64. The third-order valence-electron chi connectivity index (χ3n) is 5.47. The second kappa shape index (κ2) is 8.72. The molecular weight excluding hydrogens is 318 g/mol. The molecule has 2 N–H and O–H groups in total. The number of amides is 2. The van der Waals surface area contributed by atoms with Gasteiger partial charge in [0.05, 0.1) is 6.04 Å². The van der Waals surface area contributed by atoms with E-state index in [-0.39, 0.29) is 24.7 Å². The summed E-state index contributed by atoms with van der Waals surface area (Å²) in [6.07, 6.45) is 6.24. The molecule has 3 rings (SSSR count). The second-order valence-electron chi connectivity index (χ2n) is 7.25. The van der Waals surface area contributed by atoms with Crippen molar-refractivity contribution in [2.45, 2.75) is 57.5 Å². The molecule has 0 saturated carbocycles. The molecule has 0 aromatic carbocycles. The van der Waals surface area contributed by atoms with Crippen LogP contribution in [0, 0.1) is 6.92 Å². The van der Waals surface area contributed by atoms with E-state index >= 15 is 0 Å². The second-order valence-corrected chi connectivity index (χ2v) is 7.25. The normalized spacial score (nSPS) is 23.0. The van der Waals surface area contributed by atoms with Crippen molar-refractivity contribution in [2.75, 3.05) is 32.8 Å². The number of carbonyl (C=O) groups excluding carboxylic acids is 1. The van der Waals surface area contributed by atoms with Gasteiger partial charge in [0.25, 0.3) is 0 Å². The molecule has 0 spiro atoms. The summed E-state index contributed by atoms with van der Waals surface area (Å²) in [5.41, 5.74) is 0. The number of aryl methyl sites for hydroxylation is 1. The zero-order valence-electron chi connectivity index (χ0n) is 15.2. The Labute approximate surface area is 150 Å². The lowest BCUT2D eigenvalue weighted by atomic mass is 10.0. The summed E-state index contributed by atoms with van der Waals surface area (Å²) in [4.78, 5) is 17.0. The predicted octanol–water partition coefficient (Wildman–Crippen LogP) is 2.67. The van der Waals surface area contributed by atoms with Crippen LogP contribution >= 0.6 is 0 Å². The average molecular weight is 349 g/mol. The summed E-state index contributed by atoms with van der Waals surface area (Å²) in [7, 11) is 0. The van der Waals surface area contributed by atoms with Gasteiger partial charge in [0.2, 0.25) is 0 Å². The van der Waals surface area contributed by atoms with Gasteiger partial charge in [-0.3, -0.25) is 4.90 Å². The molecule has 1 aromatic heterocycles. The fourth-order valence-corrected chi connectivity index (χ4v) is 4.10. The molecule has 3 heterocycles. The molecule has 2 atom stereocenters. The molecule has 2 amide bonds. The highest BCUT2D eigenvalue weighted by atomic mass is 16.3. The number of furan rings is 1. The first-order valence-corrected chi connectivity index (χ1v) is 9.64. The van der Waals surface area contributed by atoms with Gasteiger partial charge in [0.15, 0.2) is 0 Å². The zero-order valence-corrected chi connectivity index (χ0v) is 15.2. The maximum atomic E-state index is 12.7. The highest BCUT2D eigenvalue weighted by molar-refractivity contribution is 5.74. The molecule has 0 bridgehead atoms. The van der Waals surface area contributed by atoms with Crippen LogP contribution in [-0.4, -0.2) is 59.8 Å². The van der Waals surface area contributed by atoms with Gasteiger partial charge in [-0.2, -0.15) is 0 Å². The number of aliphatic hydroxyl groups excluding tert-OH is 1. The van der Waals surface area contributed by atoms with E-state index in [0.29, 0.717) is 13.0 Å². The molecule has 6 heteroatoms. The number of nitrogens with zero attached hydrogens (tertiary/aromatic N) is 2. The maximum absolute atomic E-state index is 12.7. The molecular formula is C19H31N3O3. The maximum Gasteiger partial charge on any atom is 0.317 e. The third kappa shape index (κ3) is 4.55. The molecule has 2 fully saturated rings. The molecule has 2 aliphatic heterocycles. The van der Waals surface area contributed by atoms with Gasteiger partial charge < -0.3 is 19.7 Å². The summed E-state index contributed by atoms with van der Waals surface area (Å²) >= 11 is 0. The number of aliphatic hydroxyl groups is 1. The lowest BCUT2D eigenvalue weighted by Gasteiger charge is -2.36. The van der Waals surface area contributed by atoms with E-state index in [4.69, 9.17) is 4.42 Å². The van der Waals surface area contributed by atoms with E-state index in [1.165, 1.54) is 12.8 Å². The molecule has 2 unspecified atom stereocenters. The Morgan fingerprint density at radius 3 is 2.72 bits per heavy atom. The van der Waals surface area contributed by atoms with Gasteiger partial charge in [-0.05, 0) is 70.7 Å². The largest absolute Gasteiger partial charge is 0.465 e. The van der Waals surface area contributed by atoms with Crippen LogP contribution in [0.2, 0.25) is 0 Å². The number of likely N-dealkylation sites (tertiary alicyclic amines) is 2. The Morgan fingerprint density at radius 1 is 1.28 bits per heavy atom. The monoisotopic (exact) mass is 349 g/mol. The number of piperidine rings is 1. The quantitative estimate of drug-likeness (QED) is 0.828. The summed E-state index contributed by atoms with van der Waals surface area (Å²) in [5.74, 6) is 1.84. The zero-order chi connectivity index (χ0) is 17.6. The highest BCUT2D eigenvalue weighted by Crippen LogP contribution is 2.26. The van der Waals surface area contributed by atoms with E-state index < -0.39 is 0 Å². The first-order chi connectivity index (χ1) is 12.2. The molecule has 140 valence electrons. The van der Waals surface area contributed by atoms with E-state index in [9.17, 15) is 9.90 Å². The minimum atomic E-state index is -0.00868. The molecule has 6 nitrogen and oxygen atoms in total. The Balaban J connectivity index is 1.62. The summed E-state index contributed by atoms with van der Waals surface area (Å²) < 4.78 is 5.86. The topological polar surface area (TPSA) is 69.0 Å². The van der Waals surface area contributed by atoms with E-state index in [2.05, 4.69) is 10.2 Å². The van der Waals surface area contributed by atoms with Crippen LogP contribution in [0.5, 0.6) is 0 Å². The molecule has 1 aromatic rings. The standard InChI is InChI=1S/C19H31N3O3/c1-15-7-8-18(25-15)17(21-10-4-5-11-21)14-20-19(24)22-12-3-2-6-16(22)9-13-23/h7-8,16-17,23H,2-6,9-14H2,1H3,(H,20,24). The van der Waals surface area contributed by atoms with Crippen LogP contribution in [0.25, 0.3) is 0 Å². The van der Waals surface area contributed by atoms with Crippen LogP contribution in [0.15, 0.2) is 16.5 Å². The summed E-state index contributed by atoms with van der Waals surface area (Å²) in [6.45, 7) is 5.54. The van der Waals surface area contributed by atoms with E-state index in [1.807, 2.05) is 24.0 Å². The Bertz CT molecular complexity index is 552. The van der Waals surface area contributed by atoms with Crippen molar-refractivity contribution in [3.05, 3.63) is 23.7 Å². The van der Waals surface area contributed by atoms with Crippen LogP contribution in [0.4, 0.5) is 4.79 Å². The fraction of sp³-hybridized carbons (Fsp3) is 0.737. The minimum absolute atomic E-state index is 0.00868. The molecule has 0 aliphatic carbocycles. The number of nitrogens with one attached hydrogen (secondary N) is 1. The number of rotatable bonds is 6. The van der Waals surface area contributed by atoms with E-state index in [1.54, 1.807) is 0 Å². The lowest BCUT2D eigenvalue weighted by molar-refractivity contribution is 0.128. The predicted molar refractivity (Wildman–Crippen MR) is 96.4 cm³/mol. The lowest BCUT2D eigenvalue weighted by Crippen LogP contribution is -2.50. The van der Waals surface area contributed by atoms with Crippen molar-refractivity contribution >= 4 is 6.03 Å². The van der Waals surface area contributed by atoms with Gasteiger partial charge in [0, 0.05) is 25.7 Å². The van der Waals surface area contributed by atoms with Gasteiger partial charge >= 0.3 is 6.03 Å². The SMILES string of the molecule is Cc1ccc(C(CNC(=O)N2CCCCC2CCO)N2CCCC2)o1. The van der Waals surface area contributed by atoms with Crippen LogP contribution in [0.1, 0.15) is 56.1 Å². The number of hydrogen-bond donors (Lipinski definition) is 2. The van der Waals surface area contributed by atoms with Crippen LogP contribution in [-0.2, 0) is 0 Å². The van der Waals surface area contributed by atoms with Crippen molar-refractivity contribution in [1.29, 1.82) is 0 Å². The number of hydrogen-bond acceptors (Lipinski definition) is 4. The van der Waals surface area contributed by atoms with Crippen molar-refractivity contribution in [1.82, 2.24) is 15.1 Å². The van der Waals surface area contributed by atoms with Crippen molar-refractivity contribution in [2.24, 2.45) is 0 Å². The average Bonchev–Trinajstić information content (AvgIpc) is 3.28. The number of urea groups is 1. The Morgan fingerprint density at radius 2 is 2.04 bits per heavy atom. The molecule has 0 radical (unpaired) electrons. The van der Waals surface area contributed by atoms with Crippen LogP contribution < -0.4 is 5.32 Å². The number of carbonyl (C=O) groups is 1.